The van der Waals surface area contributed by atoms with E-state index in [1.54, 1.807) is 18.2 Å². The second kappa shape index (κ2) is 11.4. The maximum absolute atomic E-state index is 12.9. The van der Waals surface area contributed by atoms with Crippen molar-refractivity contribution >= 4 is 17.3 Å². The molecular formula is C26H21F3N4. The third-order valence-electron chi connectivity index (χ3n) is 4.90. The SMILES string of the molecule is [C-]#[N+]C(=C\C=C\c1ccc(N(CC)CC)cc1)/C(=C(/C#N)[N+]#[C-])c1ccc(C(F)(F)F)cc1. The first kappa shape index (κ1) is 25.0. The van der Waals surface area contributed by atoms with Crippen LogP contribution in [-0.4, -0.2) is 13.1 Å². The lowest BCUT2D eigenvalue weighted by Crippen LogP contribution is -2.21. The van der Waals surface area contributed by atoms with E-state index in [9.17, 15) is 18.4 Å². The fourth-order valence-corrected chi connectivity index (χ4v) is 3.18. The van der Waals surface area contributed by atoms with Crippen molar-refractivity contribution in [3.8, 4) is 6.07 Å². The minimum atomic E-state index is -4.51. The van der Waals surface area contributed by atoms with Crippen LogP contribution in [0, 0.1) is 24.5 Å². The number of hydrogen-bond acceptors (Lipinski definition) is 2. The van der Waals surface area contributed by atoms with Gasteiger partial charge < -0.3 is 4.90 Å². The van der Waals surface area contributed by atoms with E-state index in [-0.39, 0.29) is 22.5 Å². The maximum atomic E-state index is 12.9. The normalized spacial score (nSPS) is 12.5. The molecule has 0 aliphatic carbocycles. The second-order valence-electron chi connectivity index (χ2n) is 6.81. The minimum Gasteiger partial charge on any atom is -0.372 e. The molecule has 2 rings (SSSR count). The minimum absolute atomic E-state index is 0.00208. The van der Waals surface area contributed by atoms with Crippen LogP contribution in [0.1, 0.15) is 30.5 Å². The van der Waals surface area contributed by atoms with E-state index in [0.29, 0.717) is 0 Å². The molecule has 0 unspecified atom stereocenters. The lowest BCUT2D eigenvalue weighted by atomic mass is 9.99. The van der Waals surface area contributed by atoms with Gasteiger partial charge in [0, 0.05) is 24.4 Å². The highest BCUT2D eigenvalue weighted by Gasteiger charge is 2.30. The first-order valence-electron chi connectivity index (χ1n) is 10.1. The Labute approximate surface area is 191 Å². The topological polar surface area (TPSA) is 35.8 Å². The number of nitrogens with zero attached hydrogens (tertiary/aromatic N) is 4. The summed E-state index contributed by atoms with van der Waals surface area (Å²) in [6.45, 7) is 20.7. The van der Waals surface area contributed by atoms with Crippen molar-refractivity contribution in [2.24, 2.45) is 0 Å². The van der Waals surface area contributed by atoms with Crippen molar-refractivity contribution in [2.45, 2.75) is 20.0 Å². The molecule has 4 nitrogen and oxygen atoms in total. The zero-order valence-electron chi connectivity index (χ0n) is 18.2. The molecule has 0 N–H and O–H groups in total. The fourth-order valence-electron chi connectivity index (χ4n) is 3.18. The van der Waals surface area contributed by atoms with Crippen LogP contribution < -0.4 is 4.90 Å². The largest absolute Gasteiger partial charge is 0.416 e. The molecular weight excluding hydrogens is 425 g/mol. The van der Waals surface area contributed by atoms with E-state index in [4.69, 9.17) is 13.1 Å². The molecule has 0 heterocycles. The van der Waals surface area contributed by atoms with Crippen molar-refractivity contribution < 1.29 is 13.2 Å². The lowest BCUT2D eigenvalue weighted by Gasteiger charge is -2.20. The van der Waals surface area contributed by atoms with Gasteiger partial charge in [0.1, 0.15) is 0 Å². The number of allylic oxidation sites excluding steroid dienone is 4. The van der Waals surface area contributed by atoms with Gasteiger partial charge in [-0.2, -0.15) is 13.2 Å². The number of rotatable bonds is 7. The van der Waals surface area contributed by atoms with Gasteiger partial charge in [-0.3, -0.25) is 0 Å². The van der Waals surface area contributed by atoms with Crippen LogP contribution in [0.5, 0.6) is 0 Å². The fraction of sp³-hybridized carbons (Fsp3) is 0.192. The molecule has 2 aromatic rings. The number of anilines is 1. The molecule has 0 radical (unpaired) electrons. The van der Waals surface area contributed by atoms with Crippen molar-refractivity contribution in [3.05, 3.63) is 112 Å². The van der Waals surface area contributed by atoms with Crippen LogP contribution in [0.15, 0.2) is 72.1 Å². The Morgan fingerprint density at radius 3 is 2.06 bits per heavy atom. The van der Waals surface area contributed by atoms with Crippen molar-refractivity contribution in [1.82, 2.24) is 0 Å². The summed E-state index contributed by atoms with van der Waals surface area (Å²) >= 11 is 0. The molecule has 0 aliphatic heterocycles. The summed E-state index contributed by atoms with van der Waals surface area (Å²) in [5.74, 6) is 0. The first-order valence-corrected chi connectivity index (χ1v) is 10.1. The van der Waals surface area contributed by atoms with Gasteiger partial charge in [-0.1, -0.05) is 42.5 Å². The predicted molar refractivity (Wildman–Crippen MR) is 124 cm³/mol. The molecule has 0 aromatic heterocycles. The van der Waals surface area contributed by atoms with Crippen molar-refractivity contribution in [3.63, 3.8) is 0 Å². The molecule has 2 aromatic carbocycles. The average Bonchev–Trinajstić information content (AvgIpc) is 2.82. The lowest BCUT2D eigenvalue weighted by molar-refractivity contribution is -0.137. The Kier molecular flexibility index (Phi) is 8.61. The summed E-state index contributed by atoms with van der Waals surface area (Å²) in [4.78, 5) is 8.79. The van der Waals surface area contributed by atoms with E-state index in [2.05, 4.69) is 28.4 Å². The van der Waals surface area contributed by atoms with Crippen LogP contribution in [0.2, 0.25) is 0 Å². The van der Waals surface area contributed by atoms with Gasteiger partial charge in [0.05, 0.1) is 24.8 Å². The summed E-state index contributed by atoms with van der Waals surface area (Å²) in [5, 5.41) is 9.35. The zero-order valence-corrected chi connectivity index (χ0v) is 18.2. The highest BCUT2D eigenvalue weighted by Crippen LogP contribution is 2.33. The van der Waals surface area contributed by atoms with Gasteiger partial charge in [0.2, 0.25) is 0 Å². The van der Waals surface area contributed by atoms with Crippen LogP contribution in [0.4, 0.5) is 18.9 Å². The van der Waals surface area contributed by atoms with Gasteiger partial charge >= 0.3 is 6.18 Å². The van der Waals surface area contributed by atoms with Crippen molar-refractivity contribution in [2.75, 3.05) is 18.0 Å². The highest BCUT2D eigenvalue weighted by atomic mass is 19.4. The van der Waals surface area contributed by atoms with E-state index >= 15 is 0 Å². The predicted octanol–water partition coefficient (Wildman–Crippen LogP) is 7.22. The van der Waals surface area contributed by atoms with E-state index in [1.807, 2.05) is 24.3 Å². The Hall–Kier alpha value is -4.28. The maximum Gasteiger partial charge on any atom is 0.416 e. The summed E-state index contributed by atoms with van der Waals surface area (Å²) in [6.07, 6.45) is 0.317. The molecule has 0 bridgehead atoms. The molecule has 0 amide bonds. The number of alkyl halides is 3. The van der Waals surface area contributed by atoms with E-state index in [0.717, 1.165) is 48.6 Å². The monoisotopic (exact) mass is 446 g/mol. The van der Waals surface area contributed by atoms with Crippen molar-refractivity contribution in [1.29, 1.82) is 5.26 Å². The Bertz CT molecular complexity index is 1160. The Balaban J connectivity index is 2.41. The van der Waals surface area contributed by atoms with E-state index < -0.39 is 11.7 Å². The van der Waals surface area contributed by atoms with Gasteiger partial charge in [0.25, 0.3) is 5.70 Å². The zero-order chi connectivity index (χ0) is 24.4. The quantitative estimate of drug-likeness (QED) is 0.256. The third kappa shape index (κ3) is 6.35. The number of nitriles is 1. The molecule has 0 fully saturated rings. The number of benzene rings is 2. The second-order valence-corrected chi connectivity index (χ2v) is 6.81. The van der Waals surface area contributed by atoms with Crippen LogP contribution in [-0.2, 0) is 6.18 Å². The van der Waals surface area contributed by atoms with Crippen LogP contribution in [0.25, 0.3) is 21.3 Å². The highest BCUT2D eigenvalue weighted by molar-refractivity contribution is 5.86. The van der Waals surface area contributed by atoms with E-state index in [1.165, 1.54) is 6.08 Å². The summed E-state index contributed by atoms with van der Waals surface area (Å²) in [6, 6.07) is 13.6. The summed E-state index contributed by atoms with van der Waals surface area (Å²) < 4.78 is 38.7. The molecule has 0 saturated heterocycles. The molecule has 0 atom stereocenters. The van der Waals surface area contributed by atoms with Crippen LogP contribution in [0.3, 0.4) is 0 Å². The molecule has 7 heteroatoms. The summed E-state index contributed by atoms with van der Waals surface area (Å²) in [7, 11) is 0. The van der Waals surface area contributed by atoms with Gasteiger partial charge in [0.15, 0.2) is 5.70 Å². The molecule has 166 valence electrons. The van der Waals surface area contributed by atoms with Gasteiger partial charge in [-0.25, -0.2) is 15.0 Å². The molecule has 0 aliphatic rings. The average molecular weight is 446 g/mol. The first-order chi connectivity index (χ1) is 15.8. The van der Waals surface area contributed by atoms with Gasteiger partial charge in [-0.15, -0.1) is 0 Å². The molecule has 0 spiro atoms. The molecule has 33 heavy (non-hydrogen) atoms. The smallest absolute Gasteiger partial charge is 0.372 e. The number of hydrogen-bond donors (Lipinski definition) is 0. The Morgan fingerprint density at radius 1 is 1.00 bits per heavy atom. The van der Waals surface area contributed by atoms with Gasteiger partial charge in [-0.05, 0) is 49.2 Å². The van der Waals surface area contributed by atoms with Crippen LogP contribution >= 0.6 is 0 Å². The molecule has 0 saturated carbocycles. The number of halogens is 3. The Morgan fingerprint density at radius 2 is 1.61 bits per heavy atom. The standard InChI is InChI=1S/C26H21F3N4/c1-5-33(6-2)22-16-10-19(11-17-22)8-7-9-23(31-3)25(24(18-30)32-4)20-12-14-21(15-13-20)26(27,28)29/h7-17H,5-6H2,1-2H3/b8-7+,23-9-,25-24-. The third-order valence-corrected chi connectivity index (χ3v) is 4.90. The summed E-state index contributed by atoms with van der Waals surface area (Å²) in [5.41, 5.74) is 0.933.